The molecule has 1 aliphatic rings. The topological polar surface area (TPSA) is 49.4 Å². The van der Waals surface area contributed by atoms with Gasteiger partial charge in [-0.05, 0) is 37.0 Å². The monoisotopic (exact) mass is 354 g/mol. The number of hydrogen-bond acceptors (Lipinski definition) is 2. The van der Waals surface area contributed by atoms with Crippen molar-refractivity contribution in [3.05, 3.63) is 66.0 Å². The molecule has 26 heavy (non-hydrogen) atoms. The molecule has 1 aliphatic heterocycles. The Kier molecular flexibility index (Phi) is 6.00. The first-order valence-corrected chi connectivity index (χ1v) is 9.01. The fourth-order valence-electron chi connectivity index (χ4n) is 3.24. The summed E-state index contributed by atoms with van der Waals surface area (Å²) < 4.78 is 13.9. The minimum absolute atomic E-state index is 0.128. The highest BCUT2D eigenvalue weighted by atomic mass is 19.1. The fraction of sp³-hybridized carbons (Fsp3) is 0.333. The van der Waals surface area contributed by atoms with E-state index in [0.717, 1.165) is 19.3 Å². The third-order valence-electron chi connectivity index (χ3n) is 4.67. The number of halogens is 1. The van der Waals surface area contributed by atoms with Crippen LogP contribution >= 0.6 is 0 Å². The molecule has 2 amide bonds. The molecule has 1 N–H and O–H groups in total. The number of aryl methyl sites for hydroxylation is 1. The Morgan fingerprint density at radius 3 is 2.58 bits per heavy atom. The van der Waals surface area contributed by atoms with Crippen LogP contribution in [0.1, 0.15) is 24.8 Å². The van der Waals surface area contributed by atoms with E-state index < -0.39 is 11.7 Å². The molecule has 0 saturated carbocycles. The summed E-state index contributed by atoms with van der Waals surface area (Å²) in [6.07, 6.45) is 3.00. The van der Waals surface area contributed by atoms with Crippen LogP contribution in [0.15, 0.2) is 54.6 Å². The molecule has 1 fully saturated rings. The van der Waals surface area contributed by atoms with E-state index >= 15 is 0 Å². The normalized spacial score (nSPS) is 16.7. The number of carbonyl (C=O) groups is 2. The van der Waals surface area contributed by atoms with Crippen LogP contribution in [-0.4, -0.2) is 24.9 Å². The molecular formula is C21H23FN2O2. The largest absolute Gasteiger partial charge is 0.356 e. The number of anilines is 1. The Labute approximate surface area is 153 Å². The maximum Gasteiger partial charge on any atom is 0.227 e. The average molecular weight is 354 g/mol. The molecule has 5 heteroatoms. The molecule has 4 nitrogen and oxygen atoms in total. The summed E-state index contributed by atoms with van der Waals surface area (Å²) in [6, 6.07) is 16.4. The zero-order chi connectivity index (χ0) is 18.4. The molecule has 0 aliphatic carbocycles. The van der Waals surface area contributed by atoms with Gasteiger partial charge in [0.15, 0.2) is 0 Å². The maximum absolute atomic E-state index is 13.9. The van der Waals surface area contributed by atoms with Gasteiger partial charge in [-0.15, -0.1) is 0 Å². The van der Waals surface area contributed by atoms with E-state index in [1.54, 1.807) is 18.2 Å². The molecule has 0 aromatic heterocycles. The van der Waals surface area contributed by atoms with E-state index in [1.165, 1.54) is 16.5 Å². The molecule has 1 atom stereocenters. The van der Waals surface area contributed by atoms with Gasteiger partial charge in [-0.25, -0.2) is 4.39 Å². The van der Waals surface area contributed by atoms with E-state index in [2.05, 4.69) is 17.4 Å². The first kappa shape index (κ1) is 18.1. The van der Waals surface area contributed by atoms with Gasteiger partial charge in [-0.1, -0.05) is 42.5 Å². The minimum Gasteiger partial charge on any atom is -0.356 e. The summed E-state index contributed by atoms with van der Waals surface area (Å²) in [5, 5.41) is 2.91. The third-order valence-corrected chi connectivity index (χ3v) is 4.67. The summed E-state index contributed by atoms with van der Waals surface area (Å²) in [7, 11) is 0. The lowest BCUT2D eigenvalue weighted by molar-refractivity contribution is -0.126. The van der Waals surface area contributed by atoms with Crippen LogP contribution < -0.4 is 10.2 Å². The number of hydrogen-bond donors (Lipinski definition) is 1. The highest BCUT2D eigenvalue weighted by Crippen LogP contribution is 2.27. The van der Waals surface area contributed by atoms with Gasteiger partial charge < -0.3 is 10.2 Å². The number of para-hydroxylation sites is 1. The maximum atomic E-state index is 13.9. The molecule has 2 aromatic rings. The summed E-state index contributed by atoms with van der Waals surface area (Å²) in [5.41, 5.74) is 1.54. The van der Waals surface area contributed by atoms with Crippen molar-refractivity contribution in [2.24, 2.45) is 5.92 Å². The number of unbranched alkanes of at least 4 members (excludes halogenated alkanes) is 1. The minimum atomic E-state index is -0.442. The summed E-state index contributed by atoms with van der Waals surface area (Å²) in [6.45, 7) is 0.825. The molecule has 0 unspecified atom stereocenters. The lowest BCUT2D eigenvalue weighted by atomic mass is 10.1. The van der Waals surface area contributed by atoms with E-state index in [0.29, 0.717) is 6.54 Å². The zero-order valence-corrected chi connectivity index (χ0v) is 14.7. The van der Waals surface area contributed by atoms with Gasteiger partial charge in [0, 0.05) is 19.5 Å². The van der Waals surface area contributed by atoms with E-state index in [-0.39, 0.29) is 30.5 Å². The molecule has 1 saturated heterocycles. The van der Waals surface area contributed by atoms with Gasteiger partial charge >= 0.3 is 0 Å². The highest BCUT2D eigenvalue weighted by molar-refractivity contribution is 6.00. The van der Waals surface area contributed by atoms with Crippen LogP contribution in [0.2, 0.25) is 0 Å². The Morgan fingerprint density at radius 1 is 1.08 bits per heavy atom. The summed E-state index contributed by atoms with van der Waals surface area (Å²) in [4.78, 5) is 25.8. The molecule has 0 spiro atoms. The van der Waals surface area contributed by atoms with Crippen LogP contribution in [0, 0.1) is 11.7 Å². The van der Waals surface area contributed by atoms with Crippen molar-refractivity contribution in [2.75, 3.05) is 18.0 Å². The summed E-state index contributed by atoms with van der Waals surface area (Å²) >= 11 is 0. The molecule has 0 radical (unpaired) electrons. The predicted molar refractivity (Wildman–Crippen MR) is 99.2 cm³/mol. The fourth-order valence-corrected chi connectivity index (χ4v) is 3.24. The van der Waals surface area contributed by atoms with Crippen molar-refractivity contribution in [1.29, 1.82) is 0 Å². The Bertz CT molecular complexity index is 764. The van der Waals surface area contributed by atoms with Crippen LogP contribution in [0.25, 0.3) is 0 Å². The van der Waals surface area contributed by atoms with Crippen LogP contribution in [-0.2, 0) is 16.0 Å². The van der Waals surface area contributed by atoms with Gasteiger partial charge in [-0.2, -0.15) is 0 Å². The Balaban J connectivity index is 1.43. The second kappa shape index (κ2) is 8.61. The zero-order valence-electron chi connectivity index (χ0n) is 14.7. The summed E-state index contributed by atoms with van der Waals surface area (Å²) in [5.74, 6) is -1.20. The lowest BCUT2D eigenvalue weighted by Gasteiger charge is -2.17. The van der Waals surface area contributed by atoms with E-state index in [1.807, 2.05) is 18.2 Å². The first-order chi connectivity index (χ1) is 12.6. The van der Waals surface area contributed by atoms with Gasteiger partial charge in [0.05, 0.1) is 11.6 Å². The van der Waals surface area contributed by atoms with Crippen molar-refractivity contribution in [1.82, 2.24) is 5.32 Å². The molecule has 1 heterocycles. The number of carbonyl (C=O) groups excluding carboxylic acids is 2. The van der Waals surface area contributed by atoms with Crippen molar-refractivity contribution in [3.8, 4) is 0 Å². The number of benzene rings is 2. The SMILES string of the molecule is O=C(NCCCCc1ccccc1)[C@H]1CC(=O)N(c2ccccc2F)C1. The standard InChI is InChI=1S/C21H23FN2O2/c22-18-11-4-5-12-19(18)24-15-17(14-20(24)25)21(26)23-13-7-6-10-16-8-2-1-3-9-16/h1-5,8-9,11-12,17H,6-7,10,13-15H2,(H,23,26)/t17-/m0/s1. The number of rotatable bonds is 7. The van der Waals surface area contributed by atoms with Crippen molar-refractivity contribution in [2.45, 2.75) is 25.7 Å². The molecule has 0 bridgehead atoms. The third kappa shape index (κ3) is 4.48. The number of nitrogens with one attached hydrogen (secondary N) is 1. The van der Waals surface area contributed by atoms with Gasteiger partial charge in [0.25, 0.3) is 0 Å². The second-order valence-electron chi connectivity index (χ2n) is 6.59. The van der Waals surface area contributed by atoms with Crippen LogP contribution in [0.4, 0.5) is 10.1 Å². The van der Waals surface area contributed by atoms with Crippen LogP contribution in [0.3, 0.4) is 0 Å². The van der Waals surface area contributed by atoms with Gasteiger partial charge in [0.2, 0.25) is 11.8 Å². The molecule has 136 valence electrons. The number of nitrogens with zero attached hydrogens (tertiary/aromatic N) is 1. The quantitative estimate of drug-likeness (QED) is 0.776. The molecule has 2 aromatic carbocycles. The first-order valence-electron chi connectivity index (χ1n) is 9.01. The predicted octanol–water partition coefficient (Wildman–Crippen LogP) is 3.32. The van der Waals surface area contributed by atoms with E-state index in [9.17, 15) is 14.0 Å². The van der Waals surface area contributed by atoms with Gasteiger partial charge in [0.1, 0.15) is 5.82 Å². The van der Waals surface area contributed by atoms with Crippen molar-refractivity contribution >= 4 is 17.5 Å². The second-order valence-corrected chi connectivity index (χ2v) is 6.59. The molecular weight excluding hydrogens is 331 g/mol. The number of amides is 2. The average Bonchev–Trinajstić information content (AvgIpc) is 3.04. The van der Waals surface area contributed by atoms with E-state index in [4.69, 9.17) is 0 Å². The van der Waals surface area contributed by atoms with Gasteiger partial charge in [-0.3, -0.25) is 9.59 Å². The smallest absolute Gasteiger partial charge is 0.227 e. The van der Waals surface area contributed by atoms with Crippen molar-refractivity contribution in [3.63, 3.8) is 0 Å². The molecule has 3 rings (SSSR count). The lowest BCUT2D eigenvalue weighted by Crippen LogP contribution is -2.33. The Morgan fingerprint density at radius 2 is 1.81 bits per heavy atom. The Hall–Kier alpha value is -2.69. The van der Waals surface area contributed by atoms with Crippen LogP contribution in [0.5, 0.6) is 0 Å². The van der Waals surface area contributed by atoms with Crippen molar-refractivity contribution < 1.29 is 14.0 Å². The highest BCUT2D eigenvalue weighted by Gasteiger charge is 2.35.